The van der Waals surface area contributed by atoms with Gasteiger partial charge >= 0.3 is 0 Å². The fourth-order valence-electron chi connectivity index (χ4n) is 3.92. The van der Waals surface area contributed by atoms with Gasteiger partial charge < -0.3 is 4.57 Å². The summed E-state index contributed by atoms with van der Waals surface area (Å²) in [5.41, 5.74) is 6.36. The van der Waals surface area contributed by atoms with E-state index in [2.05, 4.69) is 41.4 Å². The van der Waals surface area contributed by atoms with Crippen molar-refractivity contribution < 1.29 is 4.79 Å². The van der Waals surface area contributed by atoms with Gasteiger partial charge in [-0.2, -0.15) is 0 Å². The maximum Gasteiger partial charge on any atom is 0.230 e. The zero-order valence-electron chi connectivity index (χ0n) is 19.5. The molecule has 1 amide bonds. The van der Waals surface area contributed by atoms with E-state index in [1.807, 2.05) is 49.0 Å². The largest absolute Gasteiger partial charge is 0.309 e. The van der Waals surface area contributed by atoms with Crippen LogP contribution in [-0.4, -0.2) is 25.7 Å². The number of thioether (sulfide) groups is 1. The smallest absolute Gasteiger partial charge is 0.230 e. The molecule has 0 radical (unpaired) electrons. The van der Waals surface area contributed by atoms with Gasteiger partial charge in [-0.05, 0) is 37.5 Å². The number of hydrogen-bond donors (Lipinski definition) is 0. The van der Waals surface area contributed by atoms with Gasteiger partial charge in [0.1, 0.15) is 5.82 Å². The summed E-state index contributed by atoms with van der Waals surface area (Å²) in [7, 11) is 1.99. The van der Waals surface area contributed by atoms with Gasteiger partial charge in [0.25, 0.3) is 0 Å². The second kappa shape index (κ2) is 9.89. The minimum Gasteiger partial charge on any atom is -0.309 e. The highest BCUT2D eigenvalue weighted by Gasteiger charge is 2.22. The first kappa shape index (κ1) is 23.2. The van der Waals surface area contributed by atoms with Crippen LogP contribution in [0.4, 0.5) is 10.8 Å². The van der Waals surface area contributed by atoms with Gasteiger partial charge in [0.05, 0.1) is 11.4 Å². The van der Waals surface area contributed by atoms with Crippen LogP contribution in [0.15, 0.2) is 53.0 Å². The molecule has 0 N–H and O–H groups in total. The van der Waals surface area contributed by atoms with Gasteiger partial charge in [-0.25, -0.2) is 4.98 Å². The van der Waals surface area contributed by atoms with E-state index < -0.39 is 0 Å². The van der Waals surface area contributed by atoms with Crippen molar-refractivity contribution in [2.75, 3.05) is 4.90 Å². The molecule has 8 heteroatoms. The number of carbonyl (C=O) groups excluding carboxylic acids is 1. The van der Waals surface area contributed by atoms with Gasteiger partial charge in [-0.15, -0.1) is 21.5 Å². The summed E-state index contributed by atoms with van der Waals surface area (Å²) < 4.78 is 2.03. The first-order valence-electron chi connectivity index (χ1n) is 10.7. The van der Waals surface area contributed by atoms with Gasteiger partial charge in [0, 0.05) is 31.5 Å². The highest BCUT2D eigenvalue weighted by atomic mass is 32.2. The fourth-order valence-corrected chi connectivity index (χ4v) is 5.72. The highest BCUT2D eigenvalue weighted by Crippen LogP contribution is 2.35. The molecule has 0 bridgehead atoms. The minimum atomic E-state index is -0.0440. The molecular weight excluding hydrogens is 450 g/mol. The normalized spacial score (nSPS) is 11.1. The van der Waals surface area contributed by atoms with E-state index >= 15 is 0 Å². The maximum absolute atomic E-state index is 12.6. The Morgan fingerprint density at radius 1 is 1.09 bits per heavy atom. The standard InChI is InChI=1S/C25H27N5OS2/c1-16-11-17(2)23(18(3)12-16)30(19(4)31)24-26-21(14-32-24)15-33-25-28-27-22(29(25)5)13-20-9-7-6-8-10-20/h6-12,14H,13,15H2,1-5H3. The number of aryl methyl sites for hydroxylation is 3. The van der Waals surface area contributed by atoms with Gasteiger partial charge in [-0.3, -0.25) is 9.69 Å². The molecule has 33 heavy (non-hydrogen) atoms. The summed E-state index contributed by atoms with van der Waals surface area (Å²) >= 11 is 3.09. The molecule has 170 valence electrons. The molecule has 2 aromatic heterocycles. The molecule has 0 aliphatic heterocycles. The van der Waals surface area contributed by atoms with E-state index in [4.69, 9.17) is 4.98 Å². The SMILES string of the molecule is CC(=O)N(c1nc(CSc2nnc(Cc3ccccc3)n2C)cs1)c1c(C)cc(C)cc1C. The second-order valence-corrected chi connectivity index (χ2v) is 9.91. The zero-order chi connectivity index (χ0) is 23.5. The van der Waals surface area contributed by atoms with E-state index in [0.29, 0.717) is 10.9 Å². The third-order valence-corrected chi connectivity index (χ3v) is 7.31. The average molecular weight is 478 g/mol. The van der Waals surface area contributed by atoms with Crippen molar-refractivity contribution in [2.45, 2.75) is 45.0 Å². The highest BCUT2D eigenvalue weighted by molar-refractivity contribution is 7.98. The van der Waals surface area contributed by atoms with Gasteiger partial charge in [-0.1, -0.05) is 59.8 Å². The Balaban J connectivity index is 1.49. The monoisotopic (exact) mass is 477 g/mol. The molecule has 6 nitrogen and oxygen atoms in total. The number of anilines is 2. The molecule has 0 unspecified atom stereocenters. The average Bonchev–Trinajstić information content (AvgIpc) is 3.36. The zero-order valence-corrected chi connectivity index (χ0v) is 21.1. The molecule has 0 saturated heterocycles. The van der Waals surface area contributed by atoms with Crippen LogP contribution in [0, 0.1) is 20.8 Å². The molecule has 0 fully saturated rings. The van der Waals surface area contributed by atoms with Crippen LogP contribution in [0.2, 0.25) is 0 Å². The molecule has 2 aromatic carbocycles. The Kier molecular flexibility index (Phi) is 6.95. The maximum atomic E-state index is 12.6. The van der Waals surface area contributed by atoms with Crippen molar-refractivity contribution >= 4 is 39.8 Å². The summed E-state index contributed by atoms with van der Waals surface area (Å²) in [5.74, 6) is 1.54. The molecule has 2 heterocycles. The molecular formula is C25H27N5OS2. The summed E-state index contributed by atoms with van der Waals surface area (Å²) in [5, 5.41) is 12.3. The van der Waals surface area contributed by atoms with Crippen molar-refractivity contribution in [2.24, 2.45) is 7.05 Å². The van der Waals surface area contributed by atoms with E-state index in [-0.39, 0.29) is 5.91 Å². The van der Waals surface area contributed by atoms with E-state index in [0.717, 1.165) is 39.9 Å². The third-order valence-electron chi connectivity index (χ3n) is 5.38. The number of benzene rings is 2. The molecule has 0 saturated carbocycles. The van der Waals surface area contributed by atoms with Crippen LogP contribution < -0.4 is 4.90 Å². The molecule has 4 rings (SSSR count). The Labute approximate surface area is 202 Å². The Bertz CT molecular complexity index is 1260. The van der Waals surface area contributed by atoms with Crippen LogP contribution in [0.5, 0.6) is 0 Å². The van der Waals surface area contributed by atoms with Crippen LogP contribution in [0.1, 0.15) is 40.7 Å². The lowest BCUT2D eigenvalue weighted by Gasteiger charge is -2.23. The van der Waals surface area contributed by atoms with Gasteiger partial charge in [0.15, 0.2) is 10.3 Å². The predicted octanol–water partition coefficient (Wildman–Crippen LogP) is 5.76. The summed E-state index contributed by atoms with van der Waals surface area (Å²) in [6, 6.07) is 14.5. The lowest BCUT2D eigenvalue weighted by atomic mass is 10.0. The van der Waals surface area contributed by atoms with E-state index in [1.54, 1.807) is 23.6 Å². The number of rotatable bonds is 7. The van der Waals surface area contributed by atoms with Crippen LogP contribution in [0.25, 0.3) is 0 Å². The van der Waals surface area contributed by atoms with Crippen molar-refractivity contribution in [3.63, 3.8) is 0 Å². The van der Waals surface area contributed by atoms with Gasteiger partial charge in [0.2, 0.25) is 5.91 Å². The van der Waals surface area contributed by atoms with Crippen LogP contribution >= 0.6 is 23.1 Å². The minimum absolute atomic E-state index is 0.0440. The van der Waals surface area contributed by atoms with Crippen molar-refractivity contribution in [3.8, 4) is 0 Å². The Morgan fingerprint density at radius 2 is 1.79 bits per heavy atom. The number of aromatic nitrogens is 4. The Hall–Kier alpha value is -2.97. The molecule has 4 aromatic rings. The first-order valence-corrected chi connectivity index (χ1v) is 12.6. The summed E-state index contributed by atoms with van der Waals surface area (Å²) in [6.45, 7) is 7.73. The Morgan fingerprint density at radius 3 is 2.45 bits per heavy atom. The lowest BCUT2D eigenvalue weighted by Crippen LogP contribution is -2.24. The van der Waals surface area contributed by atoms with Crippen molar-refractivity contribution in [3.05, 3.63) is 81.6 Å². The third kappa shape index (κ3) is 5.17. The topological polar surface area (TPSA) is 63.9 Å². The number of carbonyl (C=O) groups is 1. The lowest BCUT2D eigenvalue weighted by molar-refractivity contribution is -0.115. The molecule has 0 aliphatic carbocycles. The van der Waals surface area contributed by atoms with Crippen molar-refractivity contribution in [1.82, 2.24) is 19.7 Å². The number of nitrogens with zero attached hydrogens (tertiary/aromatic N) is 5. The van der Waals surface area contributed by atoms with E-state index in [9.17, 15) is 4.79 Å². The molecule has 0 spiro atoms. The van der Waals surface area contributed by atoms with Crippen LogP contribution in [0.3, 0.4) is 0 Å². The number of thiazole rings is 1. The second-order valence-electron chi connectivity index (χ2n) is 8.13. The first-order chi connectivity index (χ1) is 15.8. The number of hydrogen-bond acceptors (Lipinski definition) is 6. The summed E-state index contributed by atoms with van der Waals surface area (Å²) in [4.78, 5) is 19.1. The molecule has 0 atom stereocenters. The predicted molar refractivity (Wildman–Crippen MR) is 135 cm³/mol. The summed E-state index contributed by atoms with van der Waals surface area (Å²) in [6.07, 6.45) is 0.745. The van der Waals surface area contributed by atoms with E-state index in [1.165, 1.54) is 22.5 Å². The number of amides is 1. The fraction of sp³-hybridized carbons (Fsp3) is 0.280. The quantitative estimate of drug-likeness (QED) is 0.317. The molecule has 0 aliphatic rings. The van der Waals surface area contributed by atoms with Crippen LogP contribution in [-0.2, 0) is 24.0 Å². The van der Waals surface area contributed by atoms with Crippen molar-refractivity contribution in [1.29, 1.82) is 0 Å².